The van der Waals surface area contributed by atoms with Crippen LogP contribution < -0.4 is 9.47 Å². The molecule has 0 saturated carbocycles. The normalized spacial score (nSPS) is 18.4. The van der Waals surface area contributed by atoms with Crippen molar-refractivity contribution in [2.45, 2.75) is 30.0 Å². The largest absolute Gasteiger partial charge is 0.486 e. The number of benzene rings is 1. The lowest BCUT2D eigenvalue weighted by Gasteiger charge is -2.26. The number of ether oxygens (including phenoxy) is 4. The molecule has 1 fully saturated rings. The summed E-state index contributed by atoms with van der Waals surface area (Å²) in [4.78, 5) is 24.7. The third kappa shape index (κ3) is 3.74. The molecule has 4 rings (SSSR count). The number of hydrogen-bond donors (Lipinski definition) is 0. The number of carbonyl (C=O) groups excluding carboxylic acids is 2. The molecule has 0 radical (unpaired) electrons. The summed E-state index contributed by atoms with van der Waals surface area (Å²) in [5, 5.41) is 0. The Morgan fingerprint density at radius 1 is 1.09 bits per heavy atom. The van der Waals surface area contributed by atoms with Gasteiger partial charge in [-0.05, 0) is 43.0 Å². The Balaban J connectivity index is 1.77. The highest BCUT2D eigenvalue weighted by atomic mass is 32.2. The summed E-state index contributed by atoms with van der Waals surface area (Å²) in [6.07, 6.45) is 1.26. The molecular weight excluding hydrogens is 458 g/mol. The SMILES string of the molecule is COC(=O)c1sc(S(=O)(=O)N2CCC[C@H]2c2ccc3c(c2)OCCO3)c(C(=O)OC)c1C. The summed E-state index contributed by atoms with van der Waals surface area (Å²) in [6, 6.07) is 4.96. The molecule has 1 saturated heterocycles. The molecule has 0 bridgehead atoms. The standard InChI is InChI=1S/C21H23NO8S2/c1-12-17(19(23)27-2)21(31-18(12)20(24)28-3)32(25,26)22-8-4-5-14(22)13-6-7-15-16(11-13)30-10-9-29-15/h6-7,11,14H,4-5,8-10H2,1-3H3/t14-/m0/s1. The minimum Gasteiger partial charge on any atom is -0.486 e. The zero-order valence-electron chi connectivity index (χ0n) is 17.9. The van der Waals surface area contributed by atoms with Crippen molar-refractivity contribution in [3.63, 3.8) is 0 Å². The summed E-state index contributed by atoms with van der Waals surface area (Å²) >= 11 is 0.727. The Morgan fingerprint density at radius 2 is 1.78 bits per heavy atom. The van der Waals surface area contributed by atoms with Crippen LogP contribution in [0.3, 0.4) is 0 Å². The van der Waals surface area contributed by atoms with Gasteiger partial charge < -0.3 is 18.9 Å². The van der Waals surface area contributed by atoms with Crippen LogP contribution in [0.15, 0.2) is 22.4 Å². The van der Waals surface area contributed by atoms with Crippen LogP contribution in [0.1, 0.15) is 50.0 Å². The smallest absolute Gasteiger partial charge is 0.348 e. The van der Waals surface area contributed by atoms with Gasteiger partial charge in [0.25, 0.3) is 10.0 Å². The fourth-order valence-electron chi connectivity index (χ4n) is 4.03. The van der Waals surface area contributed by atoms with E-state index in [9.17, 15) is 18.0 Å². The van der Waals surface area contributed by atoms with Gasteiger partial charge in [0, 0.05) is 6.54 Å². The van der Waals surface area contributed by atoms with Crippen LogP contribution in [-0.4, -0.2) is 58.6 Å². The highest BCUT2D eigenvalue weighted by Crippen LogP contribution is 2.43. The van der Waals surface area contributed by atoms with Gasteiger partial charge in [-0.1, -0.05) is 6.07 Å². The van der Waals surface area contributed by atoms with Crippen LogP contribution >= 0.6 is 11.3 Å². The molecule has 1 aromatic heterocycles. The average molecular weight is 482 g/mol. The van der Waals surface area contributed by atoms with Crippen LogP contribution in [0.2, 0.25) is 0 Å². The number of thiophene rings is 1. The molecule has 0 spiro atoms. The van der Waals surface area contributed by atoms with Crippen molar-refractivity contribution >= 4 is 33.3 Å². The van der Waals surface area contributed by atoms with E-state index in [4.69, 9.17) is 18.9 Å². The first-order valence-electron chi connectivity index (χ1n) is 10.0. The third-order valence-electron chi connectivity index (χ3n) is 5.57. The summed E-state index contributed by atoms with van der Waals surface area (Å²) in [6.45, 7) is 2.69. The van der Waals surface area contributed by atoms with Crippen LogP contribution in [0.4, 0.5) is 0 Å². The zero-order valence-corrected chi connectivity index (χ0v) is 19.5. The number of nitrogens with zero attached hydrogens (tertiary/aromatic N) is 1. The maximum absolute atomic E-state index is 13.7. The van der Waals surface area contributed by atoms with Crippen molar-refractivity contribution in [2.24, 2.45) is 0 Å². The summed E-state index contributed by atoms with van der Waals surface area (Å²) < 4.78 is 49.4. The fourth-order valence-corrected chi connectivity index (χ4v) is 7.57. The maximum Gasteiger partial charge on any atom is 0.348 e. The zero-order chi connectivity index (χ0) is 23.0. The van der Waals surface area contributed by atoms with Gasteiger partial charge in [-0.25, -0.2) is 18.0 Å². The van der Waals surface area contributed by atoms with Crippen LogP contribution in [0, 0.1) is 6.92 Å². The van der Waals surface area contributed by atoms with E-state index in [1.807, 2.05) is 6.07 Å². The molecule has 2 aliphatic heterocycles. The lowest BCUT2D eigenvalue weighted by atomic mass is 10.0. The van der Waals surface area contributed by atoms with E-state index in [-0.39, 0.29) is 26.8 Å². The predicted molar refractivity (Wildman–Crippen MR) is 115 cm³/mol. The molecule has 1 atom stereocenters. The van der Waals surface area contributed by atoms with E-state index in [0.29, 0.717) is 37.6 Å². The number of hydrogen-bond acceptors (Lipinski definition) is 9. The van der Waals surface area contributed by atoms with Gasteiger partial charge in [0.15, 0.2) is 15.7 Å². The average Bonchev–Trinajstić information content (AvgIpc) is 3.43. The van der Waals surface area contributed by atoms with E-state index < -0.39 is 28.0 Å². The fraction of sp³-hybridized carbons (Fsp3) is 0.429. The Bertz CT molecular complexity index is 1170. The van der Waals surface area contributed by atoms with Crippen LogP contribution in [0.25, 0.3) is 0 Å². The molecule has 2 aliphatic rings. The second-order valence-electron chi connectivity index (χ2n) is 7.38. The quantitative estimate of drug-likeness (QED) is 0.600. The second kappa shape index (κ2) is 8.72. The molecule has 3 heterocycles. The monoisotopic (exact) mass is 481 g/mol. The van der Waals surface area contributed by atoms with Gasteiger partial charge in [-0.3, -0.25) is 0 Å². The molecule has 0 aliphatic carbocycles. The molecule has 2 aromatic rings. The Kier molecular flexibility index (Phi) is 6.15. The molecule has 1 aromatic carbocycles. The van der Waals surface area contributed by atoms with E-state index >= 15 is 0 Å². The summed E-state index contributed by atoms with van der Waals surface area (Å²) in [5.41, 5.74) is 0.865. The molecule has 0 N–H and O–H groups in total. The minimum absolute atomic E-state index is 0.0570. The number of carbonyl (C=O) groups is 2. The number of sulfonamides is 1. The Morgan fingerprint density at radius 3 is 2.47 bits per heavy atom. The minimum atomic E-state index is -4.12. The lowest BCUT2D eigenvalue weighted by molar-refractivity contribution is 0.0596. The highest BCUT2D eigenvalue weighted by Gasteiger charge is 2.41. The maximum atomic E-state index is 13.7. The predicted octanol–water partition coefficient (Wildman–Crippen LogP) is 2.93. The van der Waals surface area contributed by atoms with Gasteiger partial charge in [0.1, 0.15) is 18.1 Å². The van der Waals surface area contributed by atoms with Crippen molar-refractivity contribution in [3.05, 3.63) is 39.8 Å². The lowest BCUT2D eigenvalue weighted by Crippen LogP contribution is -2.31. The molecule has 0 amide bonds. The molecular formula is C21H23NO8S2. The topological polar surface area (TPSA) is 108 Å². The van der Waals surface area contributed by atoms with E-state index in [0.717, 1.165) is 16.9 Å². The van der Waals surface area contributed by atoms with Crippen molar-refractivity contribution in [1.29, 1.82) is 0 Å². The highest BCUT2D eigenvalue weighted by molar-refractivity contribution is 7.91. The summed E-state index contributed by atoms with van der Waals surface area (Å²) in [5.74, 6) is -0.323. The van der Waals surface area contributed by atoms with Crippen molar-refractivity contribution in [3.8, 4) is 11.5 Å². The first-order chi connectivity index (χ1) is 15.3. The molecule has 9 nitrogen and oxygen atoms in total. The first-order valence-corrected chi connectivity index (χ1v) is 12.3. The molecule has 0 unspecified atom stereocenters. The number of methoxy groups -OCH3 is 2. The van der Waals surface area contributed by atoms with Crippen molar-refractivity contribution in [2.75, 3.05) is 34.0 Å². The van der Waals surface area contributed by atoms with Crippen molar-refractivity contribution < 1.29 is 37.0 Å². The molecule has 11 heteroatoms. The summed E-state index contributed by atoms with van der Waals surface area (Å²) in [7, 11) is -1.75. The van der Waals surface area contributed by atoms with E-state index in [1.54, 1.807) is 12.1 Å². The van der Waals surface area contributed by atoms with Crippen molar-refractivity contribution in [1.82, 2.24) is 4.31 Å². The number of rotatable bonds is 5. The van der Waals surface area contributed by atoms with Gasteiger partial charge in [0.2, 0.25) is 0 Å². The van der Waals surface area contributed by atoms with Gasteiger partial charge in [0.05, 0.1) is 25.8 Å². The van der Waals surface area contributed by atoms with Crippen LogP contribution in [-0.2, 0) is 19.5 Å². The van der Waals surface area contributed by atoms with Gasteiger partial charge in [-0.2, -0.15) is 4.31 Å². The Labute approximate surface area is 189 Å². The third-order valence-corrected chi connectivity index (χ3v) is 9.25. The Hall–Kier alpha value is -2.63. The molecule has 32 heavy (non-hydrogen) atoms. The van der Waals surface area contributed by atoms with E-state index in [2.05, 4.69) is 0 Å². The van der Waals surface area contributed by atoms with Gasteiger partial charge >= 0.3 is 11.9 Å². The second-order valence-corrected chi connectivity index (χ2v) is 10.5. The van der Waals surface area contributed by atoms with Crippen LogP contribution in [0.5, 0.6) is 11.5 Å². The first kappa shape index (κ1) is 22.6. The number of fused-ring (bicyclic) bond motifs is 1. The van der Waals surface area contributed by atoms with Gasteiger partial charge in [-0.15, -0.1) is 11.3 Å². The van der Waals surface area contributed by atoms with E-state index in [1.165, 1.54) is 25.4 Å². The molecule has 172 valence electrons. The number of esters is 2.